The van der Waals surface area contributed by atoms with E-state index < -0.39 is 28.7 Å². The van der Waals surface area contributed by atoms with Crippen LogP contribution in [0, 0.1) is 5.92 Å². The molecule has 1 aliphatic carbocycles. The fourth-order valence-corrected chi connectivity index (χ4v) is 4.67. The van der Waals surface area contributed by atoms with Crippen molar-refractivity contribution in [2.45, 2.75) is 37.4 Å². The van der Waals surface area contributed by atoms with E-state index in [2.05, 4.69) is 0 Å². The van der Waals surface area contributed by atoms with Crippen molar-refractivity contribution in [3.63, 3.8) is 0 Å². The van der Waals surface area contributed by atoms with Crippen molar-refractivity contribution in [1.29, 1.82) is 0 Å². The van der Waals surface area contributed by atoms with Gasteiger partial charge in [-0.2, -0.15) is 13.2 Å². The van der Waals surface area contributed by atoms with Crippen LogP contribution in [-0.4, -0.2) is 35.5 Å². The molecule has 164 valence electrons. The minimum absolute atomic E-state index is 0.0730. The van der Waals surface area contributed by atoms with E-state index >= 15 is 0 Å². The van der Waals surface area contributed by atoms with Crippen LogP contribution in [0.15, 0.2) is 29.2 Å². The fraction of sp³-hybridized carbons (Fsp3) is 0.455. The molecular formula is C22H20F3NO5. The quantitative estimate of drug-likeness (QED) is 0.793. The molecule has 5 rings (SSSR count). The van der Waals surface area contributed by atoms with Gasteiger partial charge in [-0.25, -0.2) is 4.79 Å². The zero-order valence-corrected chi connectivity index (χ0v) is 16.5. The second-order valence-corrected chi connectivity index (χ2v) is 8.58. The van der Waals surface area contributed by atoms with E-state index in [4.69, 9.17) is 9.47 Å². The number of ether oxygens (including phenoxy) is 2. The van der Waals surface area contributed by atoms with Gasteiger partial charge in [-0.05, 0) is 43.4 Å². The van der Waals surface area contributed by atoms with Crippen molar-refractivity contribution in [3.05, 3.63) is 51.3 Å². The third-order valence-corrected chi connectivity index (χ3v) is 6.56. The Kier molecular flexibility index (Phi) is 4.44. The molecule has 31 heavy (non-hydrogen) atoms. The largest absolute Gasteiger partial charge is 0.492 e. The van der Waals surface area contributed by atoms with E-state index in [9.17, 15) is 27.9 Å². The number of carboxylic acids is 1. The van der Waals surface area contributed by atoms with Crippen LogP contribution in [-0.2, 0) is 22.9 Å². The number of benzene rings is 1. The second kappa shape index (κ2) is 6.85. The number of hydrogen-bond acceptors (Lipinski definition) is 4. The highest BCUT2D eigenvalue weighted by molar-refractivity contribution is 5.88. The van der Waals surface area contributed by atoms with Crippen LogP contribution >= 0.6 is 0 Å². The summed E-state index contributed by atoms with van der Waals surface area (Å²) in [6.45, 7) is 1.08. The summed E-state index contributed by atoms with van der Waals surface area (Å²) in [6.07, 6.45) is -0.447. The van der Waals surface area contributed by atoms with Crippen molar-refractivity contribution < 1.29 is 32.5 Å². The third-order valence-electron chi connectivity index (χ3n) is 6.56. The normalized spacial score (nSPS) is 19.2. The van der Waals surface area contributed by atoms with Gasteiger partial charge in [0, 0.05) is 29.3 Å². The van der Waals surface area contributed by atoms with Crippen LogP contribution in [0.3, 0.4) is 0 Å². The molecule has 1 saturated heterocycles. The topological polar surface area (TPSA) is 77.8 Å². The van der Waals surface area contributed by atoms with Gasteiger partial charge in [0.25, 0.3) is 0 Å². The summed E-state index contributed by atoms with van der Waals surface area (Å²) in [7, 11) is 0. The van der Waals surface area contributed by atoms with Gasteiger partial charge < -0.3 is 19.1 Å². The Hall–Kier alpha value is -2.81. The number of carbonyl (C=O) groups is 1. The summed E-state index contributed by atoms with van der Waals surface area (Å²) in [5.74, 6) is -1.49. The molecule has 1 spiro atoms. The first-order valence-electron chi connectivity index (χ1n) is 10.1. The van der Waals surface area contributed by atoms with Crippen LogP contribution < -0.4 is 10.2 Å². The van der Waals surface area contributed by atoms with E-state index in [1.54, 1.807) is 4.57 Å². The lowest BCUT2D eigenvalue weighted by Gasteiger charge is -2.49. The molecule has 3 heterocycles. The van der Waals surface area contributed by atoms with Gasteiger partial charge >= 0.3 is 12.1 Å². The summed E-state index contributed by atoms with van der Waals surface area (Å²) in [5.41, 5.74) is -1.15. The molecule has 1 aromatic heterocycles. The number of pyridine rings is 1. The summed E-state index contributed by atoms with van der Waals surface area (Å²) in [4.78, 5) is 23.8. The van der Waals surface area contributed by atoms with Crippen molar-refractivity contribution in [2.24, 2.45) is 5.92 Å². The van der Waals surface area contributed by atoms with Crippen LogP contribution in [0.5, 0.6) is 5.75 Å². The number of nitrogens with zero attached hydrogens (tertiary/aromatic N) is 1. The molecule has 2 aromatic rings. The fourth-order valence-electron chi connectivity index (χ4n) is 4.67. The first kappa shape index (κ1) is 20.1. The number of rotatable bonds is 4. The number of aromatic nitrogens is 1. The highest BCUT2D eigenvalue weighted by atomic mass is 19.4. The molecule has 1 aromatic carbocycles. The third kappa shape index (κ3) is 3.22. The molecule has 1 saturated carbocycles. The van der Waals surface area contributed by atoms with Gasteiger partial charge in [0.15, 0.2) is 5.43 Å². The molecule has 0 amide bonds. The lowest BCUT2D eigenvalue weighted by molar-refractivity contribution is -0.139. The van der Waals surface area contributed by atoms with Crippen molar-refractivity contribution >= 4 is 5.97 Å². The molecule has 2 aliphatic heterocycles. The Morgan fingerprint density at radius 3 is 2.55 bits per heavy atom. The molecule has 2 fully saturated rings. The molecular weight excluding hydrogens is 415 g/mol. The van der Waals surface area contributed by atoms with Crippen LogP contribution in [0.25, 0.3) is 11.3 Å². The van der Waals surface area contributed by atoms with Crippen LogP contribution in [0.4, 0.5) is 13.2 Å². The van der Waals surface area contributed by atoms with Gasteiger partial charge in [0.1, 0.15) is 11.3 Å². The predicted molar refractivity (Wildman–Crippen MR) is 103 cm³/mol. The number of halogens is 3. The number of carboxylic acid groups (broad SMARTS) is 1. The molecule has 0 unspecified atom stereocenters. The van der Waals surface area contributed by atoms with Gasteiger partial charge in [0.2, 0.25) is 0 Å². The van der Waals surface area contributed by atoms with Gasteiger partial charge in [-0.15, -0.1) is 0 Å². The predicted octanol–water partition coefficient (Wildman–Crippen LogP) is 3.69. The molecule has 9 heteroatoms. The summed E-state index contributed by atoms with van der Waals surface area (Å²) < 4.78 is 53.9. The zero-order chi connectivity index (χ0) is 22.0. The smallest absolute Gasteiger partial charge is 0.419 e. The van der Waals surface area contributed by atoms with Gasteiger partial charge in [-0.1, -0.05) is 0 Å². The summed E-state index contributed by atoms with van der Waals surface area (Å²) in [5, 5.41) is 9.35. The van der Waals surface area contributed by atoms with E-state index in [0.29, 0.717) is 36.5 Å². The minimum Gasteiger partial charge on any atom is -0.492 e. The maximum atomic E-state index is 13.8. The zero-order valence-electron chi connectivity index (χ0n) is 16.5. The molecule has 0 atom stereocenters. The highest BCUT2D eigenvalue weighted by Crippen LogP contribution is 2.51. The minimum atomic E-state index is -4.64. The molecule has 6 nitrogen and oxygen atoms in total. The molecule has 1 N–H and O–H groups in total. The Bertz CT molecular complexity index is 1130. The van der Waals surface area contributed by atoms with E-state index in [-0.39, 0.29) is 23.8 Å². The SMILES string of the molecule is O=C(O)c1cn2c(cc1=O)-c1cc(C(F)(F)F)c(OCC3COC3)cc1CC21CCC1. The number of hydrogen-bond donors (Lipinski definition) is 1. The number of fused-ring (bicyclic) bond motifs is 4. The number of aromatic carboxylic acids is 1. The highest BCUT2D eigenvalue weighted by Gasteiger charge is 2.45. The van der Waals surface area contributed by atoms with E-state index in [1.165, 1.54) is 12.3 Å². The molecule has 0 radical (unpaired) electrons. The average molecular weight is 435 g/mol. The second-order valence-electron chi connectivity index (χ2n) is 8.58. The van der Waals surface area contributed by atoms with E-state index in [1.807, 2.05) is 0 Å². The van der Waals surface area contributed by atoms with Gasteiger partial charge in [-0.3, -0.25) is 4.79 Å². The number of alkyl halides is 3. The first-order valence-corrected chi connectivity index (χ1v) is 10.1. The standard InChI is InChI=1S/C22H20F3NO5/c23-22(24,25)16-5-14-13(4-19(16)31-11-12-9-30-10-12)7-21(2-1-3-21)26-8-15(20(28)29)18(27)6-17(14)26/h4-6,8,12H,1-3,7,9-11H2,(H,28,29). The summed E-state index contributed by atoms with van der Waals surface area (Å²) >= 11 is 0. The Morgan fingerprint density at radius 2 is 2.00 bits per heavy atom. The maximum Gasteiger partial charge on any atom is 0.419 e. The van der Waals surface area contributed by atoms with Crippen molar-refractivity contribution in [2.75, 3.05) is 19.8 Å². The maximum absolute atomic E-state index is 13.8. The summed E-state index contributed by atoms with van der Waals surface area (Å²) in [6, 6.07) is 3.61. The van der Waals surface area contributed by atoms with E-state index in [0.717, 1.165) is 31.4 Å². The first-order chi connectivity index (χ1) is 14.7. The van der Waals surface area contributed by atoms with Crippen LogP contribution in [0.2, 0.25) is 0 Å². The Balaban J connectivity index is 1.67. The van der Waals surface area contributed by atoms with Crippen molar-refractivity contribution in [3.8, 4) is 17.0 Å². The average Bonchev–Trinajstić information content (AvgIpc) is 2.62. The monoisotopic (exact) mass is 435 g/mol. The Morgan fingerprint density at radius 1 is 1.26 bits per heavy atom. The van der Waals surface area contributed by atoms with Gasteiger partial charge in [0.05, 0.1) is 31.1 Å². The molecule has 3 aliphatic rings. The lowest BCUT2D eigenvalue weighted by Crippen LogP contribution is -2.46. The molecule has 0 bridgehead atoms. The lowest BCUT2D eigenvalue weighted by atomic mass is 9.69. The van der Waals surface area contributed by atoms with Crippen molar-refractivity contribution in [1.82, 2.24) is 4.57 Å². The van der Waals surface area contributed by atoms with Crippen LogP contribution in [0.1, 0.15) is 40.7 Å². The Labute approximate surface area is 175 Å².